The average Bonchev–Trinajstić information content (AvgIpc) is 2.97. The van der Waals surface area contributed by atoms with Crippen molar-refractivity contribution in [3.8, 4) is 0 Å². The zero-order valence-electron chi connectivity index (χ0n) is 25.1. The van der Waals surface area contributed by atoms with E-state index in [1.165, 1.54) is 17.0 Å². The Morgan fingerprint density at radius 2 is 1.58 bits per heavy atom. The molecule has 3 aromatic carbocycles. The quantitative estimate of drug-likeness (QED) is 0.258. The Labute approximate surface area is 265 Å². The van der Waals surface area contributed by atoms with Gasteiger partial charge in [0.15, 0.2) is 0 Å². The first kappa shape index (κ1) is 32.8. The lowest BCUT2D eigenvalue weighted by Crippen LogP contribution is -2.53. The summed E-state index contributed by atoms with van der Waals surface area (Å²) in [6.45, 7) is 6.86. The van der Waals surface area contributed by atoms with Gasteiger partial charge in [-0.05, 0) is 93.6 Å². The van der Waals surface area contributed by atoms with E-state index in [0.717, 1.165) is 53.1 Å². The molecule has 3 aromatic rings. The number of anilines is 1. The zero-order chi connectivity index (χ0) is 31.3. The van der Waals surface area contributed by atoms with Gasteiger partial charge >= 0.3 is 0 Å². The number of sulfonamides is 1. The SMILES string of the molecule is Cc1ccc(S(=O)(=O)N(CC(=O)N(Cc2ccc(Cl)cc2Cl)C(C)C(=O)NC2CCCCC2)c2ccc(C)c(C)c2)cc1. The molecule has 1 saturated carbocycles. The number of carbonyl (C=O) groups excluding carboxylic acids is 2. The molecular formula is C33H39Cl2N3O4S. The first-order chi connectivity index (χ1) is 20.4. The molecule has 1 unspecified atom stereocenters. The van der Waals surface area contributed by atoms with Crippen LogP contribution in [0, 0.1) is 20.8 Å². The van der Waals surface area contributed by atoms with Crippen molar-refractivity contribution in [3.05, 3.63) is 93.0 Å². The van der Waals surface area contributed by atoms with Gasteiger partial charge in [-0.3, -0.25) is 13.9 Å². The molecule has 1 N–H and O–H groups in total. The normalized spacial score (nSPS) is 14.7. The monoisotopic (exact) mass is 643 g/mol. The first-order valence-corrected chi connectivity index (χ1v) is 16.8. The predicted molar refractivity (Wildman–Crippen MR) is 173 cm³/mol. The summed E-state index contributed by atoms with van der Waals surface area (Å²) < 4.78 is 29.2. The smallest absolute Gasteiger partial charge is 0.264 e. The van der Waals surface area contributed by atoms with Gasteiger partial charge < -0.3 is 10.2 Å². The Kier molecular flexibility index (Phi) is 10.8. The fourth-order valence-electron chi connectivity index (χ4n) is 5.23. The second kappa shape index (κ2) is 14.1. The second-order valence-electron chi connectivity index (χ2n) is 11.4. The van der Waals surface area contributed by atoms with E-state index in [9.17, 15) is 18.0 Å². The first-order valence-electron chi connectivity index (χ1n) is 14.6. The van der Waals surface area contributed by atoms with Crippen LogP contribution in [0.1, 0.15) is 61.3 Å². The van der Waals surface area contributed by atoms with Crippen LogP contribution in [0.4, 0.5) is 5.69 Å². The Morgan fingerprint density at radius 3 is 2.21 bits per heavy atom. The van der Waals surface area contributed by atoms with Gasteiger partial charge in [-0.15, -0.1) is 0 Å². The Bertz CT molecular complexity index is 1570. The molecule has 1 aliphatic rings. The summed E-state index contributed by atoms with van der Waals surface area (Å²) in [6.07, 6.45) is 5.02. The van der Waals surface area contributed by atoms with Gasteiger partial charge in [0.2, 0.25) is 11.8 Å². The number of amides is 2. The van der Waals surface area contributed by atoms with E-state index >= 15 is 0 Å². The number of benzene rings is 3. The number of halogens is 2. The molecule has 0 aromatic heterocycles. The molecule has 2 amide bonds. The number of carbonyl (C=O) groups is 2. The van der Waals surface area contributed by atoms with Crippen molar-refractivity contribution in [2.45, 2.75) is 83.3 Å². The molecule has 10 heteroatoms. The van der Waals surface area contributed by atoms with E-state index in [-0.39, 0.29) is 23.4 Å². The van der Waals surface area contributed by atoms with Crippen molar-refractivity contribution in [2.24, 2.45) is 0 Å². The molecule has 43 heavy (non-hydrogen) atoms. The maximum Gasteiger partial charge on any atom is 0.264 e. The third-order valence-corrected chi connectivity index (χ3v) is 10.5. The van der Waals surface area contributed by atoms with E-state index in [4.69, 9.17) is 23.2 Å². The number of nitrogens with one attached hydrogen (secondary N) is 1. The third kappa shape index (κ3) is 8.11. The highest BCUT2D eigenvalue weighted by Crippen LogP contribution is 2.28. The van der Waals surface area contributed by atoms with Crippen molar-refractivity contribution < 1.29 is 18.0 Å². The minimum Gasteiger partial charge on any atom is -0.352 e. The Morgan fingerprint density at radius 1 is 0.907 bits per heavy atom. The van der Waals surface area contributed by atoms with Crippen LogP contribution in [0.5, 0.6) is 0 Å². The number of aryl methyl sites for hydroxylation is 3. The minimum absolute atomic E-state index is 0.000562. The summed E-state index contributed by atoms with van der Waals surface area (Å²) in [4.78, 5) is 29.1. The summed E-state index contributed by atoms with van der Waals surface area (Å²) in [5.41, 5.74) is 3.75. The van der Waals surface area contributed by atoms with Crippen LogP contribution in [0.25, 0.3) is 0 Å². The van der Waals surface area contributed by atoms with Gasteiger partial charge in [-0.25, -0.2) is 8.42 Å². The van der Waals surface area contributed by atoms with Crippen molar-refractivity contribution in [1.82, 2.24) is 10.2 Å². The molecule has 7 nitrogen and oxygen atoms in total. The number of hydrogen-bond acceptors (Lipinski definition) is 4. The van der Waals surface area contributed by atoms with Gasteiger partial charge in [-0.2, -0.15) is 0 Å². The van der Waals surface area contributed by atoms with Crippen LogP contribution < -0.4 is 9.62 Å². The summed E-state index contributed by atoms with van der Waals surface area (Å²) in [7, 11) is -4.14. The summed E-state index contributed by atoms with van der Waals surface area (Å²) >= 11 is 12.6. The molecular weight excluding hydrogens is 605 g/mol. The highest BCUT2D eigenvalue weighted by molar-refractivity contribution is 7.92. The lowest BCUT2D eigenvalue weighted by molar-refractivity contribution is -0.139. The van der Waals surface area contributed by atoms with Gasteiger partial charge in [0.1, 0.15) is 12.6 Å². The highest BCUT2D eigenvalue weighted by Gasteiger charge is 2.33. The van der Waals surface area contributed by atoms with Crippen LogP contribution in [0.15, 0.2) is 65.6 Å². The van der Waals surface area contributed by atoms with Gasteiger partial charge in [0.05, 0.1) is 10.6 Å². The predicted octanol–water partition coefficient (Wildman–Crippen LogP) is 6.98. The fourth-order valence-corrected chi connectivity index (χ4v) is 7.11. The van der Waals surface area contributed by atoms with Crippen molar-refractivity contribution in [2.75, 3.05) is 10.8 Å². The van der Waals surface area contributed by atoms with Crippen molar-refractivity contribution >= 4 is 50.7 Å². The van der Waals surface area contributed by atoms with Gasteiger partial charge in [0.25, 0.3) is 10.0 Å². The Hall–Kier alpha value is -3.07. The number of nitrogens with zero attached hydrogens (tertiary/aromatic N) is 2. The van der Waals surface area contributed by atoms with Gasteiger partial charge in [-0.1, -0.05) is 72.3 Å². The average molecular weight is 645 g/mol. The maximum atomic E-state index is 14.2. The van der Waals surface area contributed by atoms with E-state index in [0.29, 0.717) is 21.3 Å². The maximum absolute atomic E-state index is 14.2. The highest BCUT2D eigenvalue weighted by atomic mass is 35.5. The van der Waals surface area contributed by atoms with E-state index in [1.54, 1.807) is 49.4 Å². The topological polar surface area (TPSA) is 86.8 Å². The van der Waals surface area contributed by atoms with Crippen molar-refractivity contribution in [3.63, 3.8) is 0 Å². The second-order valence-corrected chi connectivity index (χ2v) is 14.1. The molecule has 0 spiro atoms. The summed E-state index contributed by atoms with van der Waals surface area (Å²) in [5.74, 6) is -0.823. The number of hydrogen-bond donors (Lipinski definition) is 1. The van der Waals surface area contributed by atoms with E-state index in [1.807, 2.05) is 26.8 Å². The lowest BCUT2D eigenvalue weighted by Gasteiger charge is -2.33. The molecule has 230 valence electrons. The van der Waals surface area contributed by atoms with Crippen LogP contribution in [0.3, 0.4) is 0 Å². The molecule has 1 aliphatic carbocycles. The zero-order valence-corrected chi connectivity index (χ0v) is 27.4. The molecule has 4 rings (SSSR count). The molecule has 0 radical (unpaired) electrons. The van der Waals surface area contributed by atoms with E-state index in [2.05, 4.69) is 5.32 Å². The molecule has 0 heterocycles. The molecule has 1 fully saturated rings. The fraction of sp³-hybridized carbons (Fsp3) is 0.394. The summed E-state index contributed by atoms with van der Waals surface area (Å²) in [5, 5.41) is 3.90. The van der Waals surface area contributed by atoms with Crippen LogP contribution in [0.2, 0.25) is 10.0 Å². The van der Waals surface area contributed by atoms with E-state index < -0.39 is 28.5 Å². The number of rotatable bonds is 10. The minimum atomic E-state index is -4.14. The lowest BCUT2D eigenvalue weighted by atomic mass is 9.95. The molecule has 0 bridgehead atoms. The van der Waals surface area contributed by atoms with Crippen molar-refractivity contribution in [1.29, 1.82) is 0 Å². The van der Waals surface area contributed by atoms with Crippen LogP contribution >= 0.6 is 23.2 Å². The summed E-state index contributed by atoms with van der Waals surface area (Å²) in [6, 6.07) is 15.9. The molecule has 0 aliphatic heterocycles. The third-order valence-electron chi connectivity index (χ3n) is 8.14. The van der Waals surface area contributed by atoms with Crippen LogP contribution in [-0.2, 0) is 26.2 Å². The Balaban J connectivity index is 1.71. The largest absolute Gasteiger partial charge is 0.352 e. The molecule has 1 atom stereocenters. The van der Waals surface area contributed by atoms with Crippen LogP contribution in [-0.4, -0.2) is 43.8 Å². The van der Waals surface area contributed by atoms with Gasteiger partial charge in [0, 0.05) is 22.6 Å². The standard InChI is InChI=1S/C33H39Cl2N3O4S/c1-22-10-16-30(17-11-22)43(41,42)38(29-15-12-23(2)24(3)18-29)21-32(39)37(20-26-13-14-27(34)19-31(26)35)25(4)33(40)36-28-8-6-5-7-9-28/h10-19,25,28H,5-9,20-21H2,1-4H3,(H,36,40). The molecule has 0 saturated heterocycles.